The van der Waals surface area contributed by atoms with Crippen molar-refractivity contribution in [3.8, 4) is 0 Å². The van der Waals surface area contributed by atoms with Crippen molar-refractivity contribution < 1.29 is 14.0 Å². The molecule has 0 radical (unpaired) electrons. The molecule has 1 aliphatic heterocycles. The van der Waals surface area contributed by atoms with Crippen molar-refractivity contribution in [2.75, 3.05) is 0 Å². The maximum absolute atomic E-state index is 12.9. The lowest BCUT2D eigenvalue weighted by Gasteiger charge is -2.12. The van der Waals surface area contributed by atoms with E-state index in [1.807, 2.05) is 16.8 Å². The molecule has 1 aliphatic rings. The van der Waals surface area contributed by atoms with Crippen LogP contribution >= 0.6 is 23.1 Å². The van der Waals surface area contributed by atoms with Crippen LogP contribution in [-0.2, 0) is 11.3 Å². The van der Waals surface area contributed by atoms with Crippen LogP contribution in [0.5, 0.6) is 0 Å². The Bertz CT molecular complexity index is 708. The Kier molecular flexibility index (Phi) is 3.90. The van der Waals surface area contributed by atoms with E-state index in [1.54, 1.807) is 18.2 Å². The third-order valence-electron chi connectivity index (χ3n) is 2.97. The summed E-state index contributed by atoms with van der Waals surface area (Å²) >= 11 is 2.46. The van der Waals surface area contributed by atoms with Gasteiger partial charge in [-0.15, -0.1) is 0 Å². The summed E-state index contributed by atoms with van der Waals surface area (Å²) in [6.45, 7) is 0.159. The minimum Gasteiger partial charge on any atom is -0.268 e. The van der Waals surface area contributed by atoms with E-state index in [0.29, 0.717) is 4.91 Å². The topological polar surface area (TPSA) is 37.4 Å². The van der Waals surface area contributed by atoms with Crippen molar-refractivity contribution in [1.29, 1.82) is 0 Å². The third-order valence-corrected chi connectivity index (χ3v) is 4.58. The van der Waals surface area contributed by atoms with Crippen LogP contribution in [0.4, 0.5) is 9.18 Å². The monoisotopic (exact) mass is 319 g/mol. The Morgan fingerprint density at radius 3 is 2.57 bits per heavy atom. The standard InChI is InChI=1S/C15H10FNO2S2/c16-12-3-1-10(2-4-12)8-17-14(18)13(21-15(17)19)7-11-5-6-20-9-11/h1-7,9H,8H2/b13-7-. The number of halogens is 1. The van der Waals surface area contributed by atoms with Crippen molar-refractivity contribution in [3.05, 3.63) is 62.9 Å². The van der Waals surface area contributed by atoms with Gasteiger partial charge in [0.1, 0.15) is 5.82 Å². The number of carbonyl (C=O) groups is 2. The van der Waals surface area contributed by atoms with Gasteiger partial charge in [0.05, 0.1) is 11.4 Å². The predicted octanol–water partition coefficient (Wildman–Crippen LogP) is 4.12. The lowest BCUT2D eigenvalue weighted by molar-refractivity contribution is -0.123. The number of thioether (sulfide) groups is 1. The molecule has 2 amide bonds. The summed E-state index contributed by atoms with van der Waals surface area (Å²) in [5.74, 6) is -0.647. The van der Waals surface area contributed by atoms with Gasteiger partial charge in [0.2, 0.25) is 0 Å². The SMILES string of the molecule is O=C1S/C(=C\c2ccsc2)C(=O)N1Cc1ccc(F)cc1. The van der Waals surface area contributed by atoms with Crippen molar-refractivity contribution in [3.63, 3.8) is 0 Å². The summed E-state index contributed by atoms with van der Waals surface area (Å²) in [5.41, 5.74) is 1.63. The number of hydrogen-bond donors (Lipinski definition) is 0. The molecule has 1 fully saturated rings. The zero-order valence-corrected chi connectivity index (χ0v) is 12.4. The van der Waals surface area contributed by atoms with Crippen molar-refractivity contribution in [2.24, 2.45) is 0 Å². The van der Waals surface area contributed by atoms with Crippen molar-refractivity contribution >= 4 is 40.3 Å². The van der Waals surface area contributed by atoms with E-state index in [1.165, 1.54) is 28.4 Å². The molecule has 6 heteroatoms. The molecule has 0 atom stereocenters. The Balaban J connectivity index is 1.79. The van der Waals surface area contributed by atoms with E-state index < -0.39 is 0 Å². The Morgan fingerprint density at radius 1 is 1.14 bits per heavy atom. The number of benzene rings is 1. The molecule has 1 aromatic heterocycles. The molecule has 0 unspecified atom stereocenters. The summed E-state index contributed by atoms with van der Waals surface area (Å²) in [4.78, 5) is 25.8. The fourth-order valence-electron chi connectivity index (χ4n) is 1.92. The van der Waals surface area contributed by atoms with E-state index in [2.05, 4.69) is 0 Å². The van der Waals surface area contributed by atoms with Gasteiger partial charge in [-0.25, -0.2) is 4.39 Å². The fourth-order valence-corrected chi connectivity index (χ4v) is 3.37. The first-order chi connectivity index (χ1) is 10.1. The van der Waals surface area contributed by atoms with Gasteiger partial charge in [-0.2, -0.15) is 11.3 Å². The summed E-state index contributed by atoms with van der Waals surface area (Å²) < 4.78 is 12.9. The molecule has 1 saturated heterocycles. The fraction of sp³-hybridized carbons (Fsp3) is 0.0667. The second-order valence-corrected chi connectivity index (χ2v) is 6.22. The third kappa shape index (κ3) is 3.06. The summed E-state index contributed by atoms with van der Waals surface area (Å²) in [5, 5.41) is 3.52. The molecular formula is C15H10FNO2S2. The van der Waals surface area contributed by atoms with E-state index in [9.17, 15) is 14.0 Å². The zero-order valence-electron chi connectivity index (χ0n) is 10.8. The van der Waals surface area contributed by atoms with Gasteiger partial charge < -0.3 is 0 Å². The molecule has 21 heavy (non-hydrogen) atoms. The second-order valence-electron chi connectivity index (χ2n) is 4.45. The lowest BCUT2D eigenvalue weighted by Crippen LogP contribution is -2.27. The number of imide groups is 1. The summed E-state index contributed by atoms with van der Waals surface area (Å²) in [6.07, 6.45) is 1.71. The lowest BCUT2D eigenvalue weighted by atomic mass is 10.2. The molecule has 0 spiro atoms. The maximum atomic E-state index is 12.9. The van der Waals surface area contributed by atoms with Gasteiger partial charge in [0.25, 0.3) is 11.1 Å². The first-order valence-corrected chi connectivity index (χ1v) is 7.91. The number of nitrogens with zero attached hydrogens (tertiary/aromatic N) is 1. The molecule has 2 aromatic rings. The van der Waals surface area contributed by atoms with Crippen LogP contribution in [0.1, 0.15) is 11.1 Å². The number of thiophene rings is 1. The first kappa shape index (κ1) is 14.0. The molecule has 106 valence electrons. The van der Waals surface area contributed by atoms with Crippen molar-refractivity contribution in [1.82, 2.24) is 4.90 Å². The van der Waals surface area contributed by atoms with Crippen LogP contribution in [-0.4, -0.2) is 16.0 Å². The van der Waals surface area contributed by atoms with Gasteiger partial charge in [0.15, 0.2) is 0 Å². The predicted molar refractivity (Wildman–Crippen MR) is 82.2 cm³/mol. The average Bonchev–Trinajstić information content (AvgIpc) is 3.06. The Morgan fingerprint density at radius 2 is 1.90 bits per heavy atom. The van der Waals surface area contributed by atoms with Crippen LogP contribution in [0, 0.1) is 5.82 Å². The van der Waals surface area contributed by atoms with Crippen molar-refractivity contribution in [2.45, 2.75) is 6.54 Å². The number of carbonyl (C=O) groups excluding carboxylic acids is 2. The van der Waals surface area contributed by atoms with Crippen LogP contribution in [0.25, 0.3) is 6.08 Å². The molecule has 0 bridgehead atoms. The van der Waals surface area contributed by atoms with E-state index in [-0.39, 0.29) is 23.5 Å². The largest absolute Gasteiger partial charge is 0.293 e. The minimum absolute atomic E-state index is 0.159. The highest BCUT2D eigenvalue weighted by Gasteiger charge is 2.34. The van der Waals surface area contributed by atoms with E-state index >= 15 is 0 Å². The molecule has 0 N–H and O–H groups in total. The second kappa shape index (κ2) is 5.83. The Hall–Kier alpha value is -1.92. The molecule has 1 aromatic carbocycles. The highest BCUT2D eigenvalue weighted by Crippen LogP contribution is 2.33. The number of rotatable bonds is 3. The zero-order chi connectivity index (χ0) is 14.8. The van der Waals surface area contributed by atoms with Crippen LogP contribution in [0.3, 0.4) is 0 Å². The van der Waals surface area contributed by atoms with Gasteiger partial charge in [-0.3, -0.25) is 14.5 Å². The smallest absolute Gasteiger partial charge is 0.268 e. The number of hydrogen-bond acceptors (Lipinski definition) is 4. The first-order valence-electron chi connectivity index (χ1n) is 6.15. The maximum Gasteiger partial charge on any atom is 0.293 e. The van der Waals surface area contributed by atoms with E-state index in [4.69, 9.17) is 0 Å². The molecule has 3 rings (SSSR count). The number of amides is 2. The minimum atomic E-state index is -0.342. The van der Waals surface area contributed by atoms with E-state index in [0.717, 1.165) is 22.9 Å². The quantitative estimate of drug-likeness (QED) is 0.799. The van der Waals surface area contributed by atoms with Gasteiger partial charge in [-0.05, 0) is 57.9 Å². The van der Waals surface area contributed by atoms with Gasteiger partial charge in [0, 0.05) is 0 Å². The van der Waals surface area contributed by atoms with Gasteiger partial charge in [-0.1, -0.05) is 12.1 Å². The molecule has 0 aliphatic carbocycles. The summed E-state index contributed by atoms with van der Waals surface area (Å²) in [7, 11) is 0. The average molecular weight is 319 g/mol. The molecule has 3 nitrogen and oxygen atoms in total. The highest BCUT2D eigenvalue weighted by atomic mass is 32.2. The van der Waals surface area contributed by atoms with Crippen LogP contribution in [0.15, 0.2) is 46.0 Å². The molecular weight excluding hydrogens is 309 g/mol. The highest BCUT2D eigenvalue weighted by molar-refractivity contribution is 8.18. The van der Waals surface area contributed by atoms with Crippen LogP contribution in [0.2, 0.25) is 0 Å². The van der Waals surface area contributed by atoms with Crippen LogP contribution < -0.4 is 0 Å². The molecule has 2 heterocycles. The van der Waals surface area contributed by atoms with Gasteiger partial charge >= 0.3 is 0 Å². The Labute approximate surface area is 129 Å². The summed E-state index contributed by atoms with van der Waals surface area (Å²) in [6, 6.07) is 7.66. The normalized spacial score (nSPS) is 17.0. The molecule has 0 saturated carbocycles.